The second-order valence-corrected chi connectivity index (χ2v) is 6.72. The van der Waals surface area contributed by atoms with Crippen LogP contribution in [0, 0.1) is 11.6 Å². The number of hydrogen-bond donors (Lipinski definition) is 2. The Bertz CT molecular complexity index is 760. The molecule has 8 heteroatoms. The first kappa shape index (κ1) is 16.7. The van der Waals surface area contributed by atoms with Crippen LogP contribution in [0.3, 0.4) is 0 Å². The van der Waals surface area contributed by atoms with Gasteiger partial charge in [-0.3, -0.25) is 0 Å². The number of fused-ring (bicyclic) bond motifs is 2. The monoisotopic (exact) mass is 342 g/mol. The standard InChI is InChI=1S/C17H18B2F2N2O2/c20-13-1-3-15-11(7-13)9-24-18(15)17(23,5-6-22)19-16-4-2-14(21)8-12(16)10-25-19/h1-4,7-8H,5-6,9-10,22-23H2. The molecule has 4 nitrogen and oxygen atoms in total. The molecule has 4 rings (SSSR count). The molecule has 2 heterocycles. The average molecular weight is 342 g/mol. The first-order valence-electron chi connectivity index (χ1n) is 8.32. The number of benzene rings is 2. The SMILES string of the molecule is NCCC(N)(B1OCc2cc(F)ccc21)B1OCc2cc(F)ccc21. The zero-order chi connectivity index (χ0) is 17.6. The maximum atomic E-state index is 13.5. The first-order chi connectivity index (χ1) is 12.0. The highest BCUT2D eigenvalue weighted by Gasteiger charge is 2.55. The van der Waals surface area contributed by atoms with Gasteiger partial charge in [-0.25, -0.2) is 8.78 Å². The first-order valence-corrected chi connectivity index (χ1v) is 8.32. The molecule has 0 bridgehead atoms. The maximum Gasteiger partial charge on any atom is 0.343 e. The highest BCUT2D eigenvalue weighted by atomic mass is 19.1. The molecule has 0 fully saturated rings. The maximum absolute atomic E-state index is 13.5. The van der Waals surface area contributed by atoms with Gasteiger partial charge in [0.05, 0.1) is 13.2 Å². The molecule has 0 aliphatic carbocycles. The third kappa shape index (κ3) is 2.69. The van der Waals surface area contributed by atoms with Crippen LogP contribution in [-0.2, 0) is 22.5 Å². The van der Waals surface area contributed by atoms with E-state index < -0.39 is 19.2 Å². The van der Waals surface area contributed by atoms with Crippen LogP contribution in [0.1, 0.15) is 17.5 Å². The fourth-order valence-electron chi connectivity index (χ4n) is 3.97. The summed E-state index contributed by atoms with van der Waals surface area (Å²) in [6.07, 6.45) is 0.454. The van der Waals surface area contributed by atoms with Gasteiger partial charge in [0.1, 0.15) is 11.6 Å². The van der Waals surface area contributed by atoms with Gasteiger partial charge >= 0.3 is 13.8 Å². The molecule has 2 aromatic rings. The molecule has 0 saturated carbocycles. The van der Waals surface area contributed by atoms with Gasteiger partial charge in [-0.2, -0.15) is 0 Å². The van der Waals surface area contributed by atoms with Crippen molar-refractivity contribution >= 4 is 24.8 Å². The fourth-order valence-corrected chi connectivity index (χ4v) is 3.97. The number of hydrogen-bond acceptors (Lipinski definition) is 4. The predicted molar refractivity (Wildman–Crippen MR) is 93.7 cm³/mol. The third-order valence-electron chi connectivity index (χ3n) is 5.14. The normalized spacial score (nSPS) is 16.3. The van der Waals surface area contributed by atoms with Gasteiger partial charge in [0, 0.05) is 5.34 Å². The summed E-state index contributed by atoms with van der Waals surface area (Å²) in [4.78, 5) is 0. The lowest BCUT2D eigenvalue weighted by atomic mass is 9.26. The van der Waals surface area contributed by atoms with E-state index in [1.807, 2.05) is 0 Å². The van der Waals surface area contributed by atoms with Gasteiger partial charge in [-0.1, -0.05) is 12.1 Å². The van der Waals surface area contributed by atoms with E-state index in [1.54, 1.807) is 12.1 Å². The molecule has 0 amide bonds. The van der Waals surface area contributed by atoms with E-state index in [0.29, 0.717) is 26.2 Å². The van der Waals surface area contributed by atoms with Crippen molar-refractivity contribution in [2.45, 2.75) is 25.0 Å². The van der Waals surface area contributed by atoms with Crippen LogP contribution in [0.2, 0.25) is 0 Å². The zero-order valence-electron chi connectivity index (χ0n) is 13.7. The second kappa shape index (κ2) is 6.21. The summed E-state index contributed by atoms with van der Waals surface area (Å²) in [6.45, 7) is 0.0120. The van der Waals surface area contributed by atoms with Gasteiger partial charge in [0.25, 0.3) is 0 Å². The fraction of sp³-hybridized carbons (Fsp3) is 0.294. The van der Waals surface area contributed by atoms with Gasteiger partial charge in [0.2, 0.25) is 0 Å². The molecule has 2 aliphatic rings. The number of nitrogens with two attached hydrogens (primary N) is 2. The Morgan fingerprint density at radius 2 is 1.40 bits per heavy atom. The minimum absolute atomic E-state index is 0.296. The smallest absolute Gasteiger partial charge is 0.343 e. The van der Waals surface area contributed by atoms with Crippen LogP contribution in [0.25, 0.3) is 0 Å². The topological polar surface area (TPSA) is 70.5 Å². The van der Waals surface area contributed by atoms with E-state index >= 15 is 0 Å². The van der Waals surface area contributed by atoms with Crippen LogP contribution in [0.5, 0.6) is 0 Å². The Morgan fingerprint density at radius 3 is 1.84 bits per heavy atom. The van der Waals surface area contributed by atoms with Crippen molar-refractivity contribution in [1.82, 2.24) is 0 Å². The molecule has 2 aromatic carbocycles. The summed E-state index contributed by atoms with van der Waals surface area (Å²) in [5, 5.41) is -0.930. The summed E-state index contributed by atoms with van der Waals surface area (Å²) in [6, 6.07) is 9.17. The molecule has 2 aliphatic heterocycles. The number of rotatable bonds is 4. The molecule has 128 valence electrons. The minimum atomic E-state index is -0.930. The lowest BCUT2D eigenvalue weighted by Gasteiger charge is -2.35. The summed E-state index contributed by atoms with van der Waals surface area (Å²) >= 11 is 0. The van der Waals surface area contributed by atoms with E-state index in [1.165, 1.54) is 24.3 Å². The van der Waals surface area contributed by atoms with Crippen molar-refractivity contribution in [1.29, 1.82) is 0 Å². The minimum Gasteiger partial charge on any atom is -0.426 e. The van der Waals surface area contributed by atoms with Gasteiger partial charge < -0.3 is 20.8 Å². The van der Waals surface area contributed by atoms with Gasteiger partial charge in [-0.05, 0) is 59.3 Å². The summed E-state index contributed by atoms with van der Waals surface area (Å²) in [5.74, 6) is -0.607. The lowest BCUT2D eigenvalue weighted by molar-refractivity contribution is 0.292. The van der Waals surface area contributed by atoms with E-state index in [4.69, 9.17) is 20.8 Å². The van der Waals surface area contributed by atoms with Gasteiger partial charge in [-0.15, -0.1) is 0 Å². The quantitative estimate of drug-likeness (QED) is 0.782. The Hall–Kier alpha value is -1.73. The lowest BCUT2D eigenvalue weighted by Crippen LogP contribution is -2.72. The summed E-state index contributed by atoms with van der Waals surface area (Å²) in [5.41, 5.74) is 15.9. The second-order valence-electron chi connectivity index (χ2n) is 6.72. The van der Waals surface area contributed by atoms with E-state index in [9.17, 15) is 8.78 Å². The van der Waals surface area contributed by atoms with Crippen molar-refractivity contribution in [3.05, 3.63) is 59.2 Å². The molecule has 0 unspecified atom stereocenters. The van der Waals surface area contributed by atoms with Crippen LogP contribution in [0.4, 0.5) is 8.78 Å². The Labute approximate surface area is 145 Å². The van der Waals surface area contributed by atoms with Gasteiger partial charge in [0.15, 0.2) is 0 Å². The van der Waals surface area contributed by atoms with Crippen LogP contribution in [-0.4, -0.2) is 25.7 Å². The zero-order valence-corrected chi connectivity index (χ0v) is 13.7. The number of halogens is 2. The summed E-state index contributed by atoms with van der Waals surface area (Å²) < 4.78 is 38.9. The molecule has 0 spiro atoms. The largest absolute Gasteiger partial charge is 0.426 e. The highest BCUT2D eigenvalue weighted by Crippen LogP contribution is 2.27. The van der Waals surface area contributed by atoms with Crippen molar-refractivity contribution < 1.29 is 18.1 Å². The molecular formula is C17H18B2F2N2O2. The van der Waals surface area contributed by atoms with E-state index in [2.05, 4.69) is 0 Å². The molecule has 0 radical (unpaired) electrons. The van der Waals surface area contributed by atoms with Crippen molar-refractivity contribution in [3.8, 4) is 0 Å². The van der Waals surface area contributed by atoms with Crippen molar-refractivity contribution in [3.63, 3.8) is 0 Å². The van der Waals surface area contributed by atoms with E-state index in [-0.39, 0.29) is 11.6 Å². The Kier molecular flexibility index (Phi) is 4.16. The average Bonchev–Trinajstić information content (AvgIpc) is 3.18. The molecule has 25 heavy (non-hydrogen) atoms. The van der Waals surface area contributed by atoms with Crippen LogP contribution < -0.4 is 22.4 Å². The summed E-state index contributed by atoms with van der Waals surface area (Å²) in [7, 11) is 0. The molecule has 4 N–H and O–H groups in total. The van der Waals surface area contributed by atoms with Crippen LogP contribution in [0.15, 0.2) is 36.4 Å². The molecule has 0 saturated heterocycles. The van der Waals surface area contributed by atoms with Crippen molar-refractivity contribution in [2.24, 2.45) is 11.5 Å². The Balaban J connectivity index is 1.76. The van der Waals surface area contributed by atoms with Crippen molar-refractivity contribution in [2.75, 3.05) is 6.54 Å². The highest BCUT2D eigenvalue weighted by molar-refractivity contribution is 6.90. The Morgan fingerprint density at radius 1 is 0.920 bits per heavy atom. The molecular weight excluding hydrogens is 324 g/mol. The van der Waals surface area contributed by atoms with Crippen LogP contribution >= 0.6 is 0 Å². The molecule has 0 aromatic heterocycles. The third-order valence-corrected chi connectivity index (χ3v) is 5.14. The predicted octanol–water partition coefficient (Wildman–Crippen LogP) is 0.247. The molecule has 0 atom stereocenters. The van der Waals surface area contributed by atoms with E-state index in [0.717, 1.165) is 22.1 Å².